The number of nitrogens with two attached hydrogens (primary N) is 1. The summed E-state index contributed by atoms with van der Waals surface area (Å²) >= 11 is 0. The van der Waals surface area contributed by atoms with Crippen molar-refractivity contribution >= 4 is 5.69 Å². The van der Waals surface area contributed by atoms with Crippen LogP contribution in [0.3, 0.4) is 0 Å². The lowest BCUT2D eigenvalue weighted by Gasteiger charge is -2.10. The van der Waals surface area contributed by atoms with Gasteiger partial charge in [-0.1, -0.05) is 0 Å². The largest absolute Gasteiger partial charge is 0.490 e. The van der Waals surface area contributed by atoms with Crippen molar-refractivity contribution in [2.75, 3.05) is 13.7 Å². The first-order valence-electron chi connectivity index (χ1n) is 4.82. The summed E-state index contributed by atoms with van der Waals surface area (Å²) in [6.07, 6.45) is 0. The van der Waals surface area contributed by atoms with Gasteiger partial charge in [0.1, 0.15) is 0 Å². The molecule has 6 nitrogen and oxygen atoms in total. The molecule has 0 aliphatic heterocycles. The normalized spacial score (nSPS) is 9.94. The van der Waals surface area contributed by atoms with Crippen LogP contribution in [0.5, 0.6) is 11.5 Å². The van der Waals surface area contributed by atoms with Crippen molar-refractivity contribution in [2.45, 2.75) is 13.5 Å². The number of rotatable bonds is 5. The van der Waals surface area contributed by atoms with E-state index in [-0.39, 0.29) is 18.0 Å². The summed E-state index contributed by atoms with van der Waals surface area (Å²) in [4.78, 5) is 10.3. The van der Waals surface area contributed by atoms with Gasteiger partial charge >= 0.3 is 5.69 Å². The van der Waals surface area contributed by atoms with Gasteiger partial charge in [0.15, 0.2) is 5.75 Å². The fourth-order valence-electron chi connectivity index (χ4n) is 1.36. The van der Waals surface area contributed by atoms with Gasteiger partial charge in [-0.05, 0) is 18.6 Å². The summed E-state index contributed by atoms with van der Waals surface area (Å²) in [6.45, 7) is 2.41. The molecular weight excluding hydrogens is 212 g/mol. The molecule has 0 saturated heterocycles. The second-order valence-corrected chi connectivity index (χ2v) is 3.04. The molecule has 1 rings (SSSR count). The molecule has 0 amide bonds. The third-order valence-corrected chi connectivity index (χ3v) is 2.03. The van der Waals surface area contributed by atoms with E-state index in [9.17, 15) is 10.1 Å². The van der Waals surface area contributed by atoms with Gasteiger partial charge in [0, 0.05) is 12.6 Å². The van der Waals surface area contributed by atoms with Crippen molar-refractivity contribution in [2.24, 2.45) is 5.73 Å². The highest BCUT2D eigenvalue weighted by molar-refractivity contribution is 5.58. The van der Waals surface area contributed by atoms with Crippen LogP contribution in [-0.2, 0) is 6.54 Å². The summed E-state index contributed by atoms with van der Waals surface area (Å²) in [5.74, 6) is 0.476. The van der Waals surface area contributed by atoms with Crippen LogP contribution >= 0.6 is 0 Å². The molecule has 0 saturated carbocycles. The summed E-state index contributed by atoms with van der Waals surface area (Å²) < 4.78 is 10.3. The van der Waals surface area contributed by atoms with Crippen LogP contribution in [-0.4, -0.2) is 18.6 Å². The van der Waals surface area contributed by atoms with Crippen LogP contribution < -0.4 is 15.2 Å². The van der Waals surface area contributed by atoms with Crippen LogP contribution in [0.4, 0.5) is 5.69 Å². The zero-order chi connectivity index (χ0) is 12.1. The molecule has 2 N–H and O–H groups in total. The molecular formula is C10H14N2O4. The van der Waals surface area contributed by atoms with Crippen molar-refractivity contribution in [3.8, 4) is 11.5 Å². The van der Waals surface area contributed by atoms with Gasteiger partial charge in [-0.25, -0.2) is 0 Å². The second kappa shape index (κ2) is 5.32. The molecule has 0 aliphatic rings. The zero-order valence-electron chi connectivity index (χ0n) is 9.23. The van der Waals surface area contributed by atoms with Gasteiger partial charge in [-0.15, -0.1) is 0 Å². The van der Waals surface area contributed by atoms with E-state index < -0.39 is 4.92 Å². The maximum Gasteiger partial charge on any atom is 0.315 e. The highest BCUT2D eigenvalue weighted by Gasteiger charge is 2.21. The molecule has 0 aromatic heterocycles. The van der Waals surface area contributed by atoms with Crippen LogP contribution in [0.1, 0.15) is 12.5 Å². The number of hydrogen-bond acceptors (Lipinski definition) is 5. The molecule has 0 unspecified atom stereocenters. The van der Waals surface area contributed by atoms with E-state index in [1.165, 1.54) is 13.2 Å². The SMILES string of the molecule is CCOc1cc(CN)cc([N+](=O)[O-])c1OC. The zero-order valence-corrected chi connectivity index (χ0v) is 9.23. The molecule has 6 heteroatoms. The Hall–Kier alpha value is -1.82. The lowest BCUT2D eigenvalue weighted by atomic mass is 10.1. The van der Waals surface area contributed by atoms with E-state index in [2.05, 4.69) is 0 Å². The third-order valence-electron chi connectivity index (χ3n) is 2.03. The summed E-state index contributed by atoms with van der Waals surface area (Å²) in [7, 11) is 1.37. The lowest BCUT2D eigenvalue weighted by Crippen LogP contribution is -2.03. The molecule has 0 fully saturated rings. The Morgan fingerprint density at radius 1 is 1.50 bits per heavy atom. The lowest BCUT2D eigenvalue weighted by molar-refractivity contribution is -0.385. The average Bonchev–Trinajstić information content (AvgIpc) is 2.28. The van der Waals surface area contributed by atoms with Crippen LogP contribution in [0.15, 0.2) is 12.1 Å². The topological polar surface area (TPSA) is 87.6 Å². The fourth-order valence-corrected chi connectivity index (χ4v) is 1.36. The summed E-state index contributed by atoms with van der Waals surface area (Å²) in [5, 5.41) is 10.8. The number of ether oxygens (including phenoxy) is 2. The minimum Gasteiger partial charge on any atom is -0.490 e. The van der Waals surface area contributed by atoms with Gasteiger partial charge in [0.25, 0.3) is 0 Å². The van der Waals surface area contributed by atoms with E-state index in [1.54, 1.807) is 13.0 Å². The Morgan fingerprint density at radius 2 is 2.19 bits per heavy atom. The first-order chi connectivity index (χ1) is 7.63. The maximum atomic E-state index is 10.8. The Morgan fingerprint density at radius 3 is 2.62 bits per heavy atom. The number of nitro groups is 1. The Balaban J connectivity index is 3.33. The number of nitro benzene ring substituents is 1. The van der Waals surface area contributed by atoms with E-state index in [0.29, 0.717) is 17.9 Å². The number of nitrogens with zero attached hydrogens (tertiary/aromatic N) is 1. The van der Waals surface area contributed by atoms with Crippen molar-refractivity contribution in [1.82, 2.24) is 0 Å². The molecule has 0 spiro atoms. The molecule has 0 aliphatic carbocycles. The van der Waals surface area contributed by atoms with Gasteiger partial charge < -0.3 is 15.2 Å². The predicted octanol–water partition coefficient (Wildman–Crippen LogP) is 1.46. The van der Waals surface area contributed by atoms with Crippen LogP contribution in [0.2, 0.25) is 0 Å². The highest BCUT2D eigenvalue weighted by Crippen LogP contribution is 2.37. The number of benzene rings is 1. The minimum atomic E-state index is -0.513. The monoisotopic (exact) mass is 226 g/mol. The van der Waals surface area contributed by atoms with E-state index in [0.717, 1.165) is 0 Å². The smallest absolute Gasteiger partial charge is 0.315 e. The third kappa shape index (κ3) is 2.40. The Bertz CT molecular complexity index is 393. The van der Waals surface area contributed by atoms with Crippen molar-refractivity contribution in [1.29, 1.82) is 0 Å². The van der Waals surface area contributed by atoms with E-state index >= 15 is 0 Å². The average molecular weight is 226 g/mol. The number of hydrogen-bond donors (Lipinski definition) is 1. The highest BCUT2D eigenvalue weighted by atomic mass is 16.6. The quantitative estimate of drug-likeness (QED) is 0.606. The molecule has 1 aromatic rings. The Kier molecular flexibility index (Phi) is 4.07. The van der Waals surface area contributed by atoms with Crippen LogP contribution in [0.25, 0.3) is 0 Å². The van der Waals surface area contributed by atoms with Crippen molar-refractivity contribution in [3.05, 3.63) is 27.8 Å². The maximum absolute atomic E-state index is 10.8. The first-order valence-corrected chi connectivity index (χ1v) is 4.82. The predicted molar refractivity (Wildman–Crippen MR) is 58.7 cm³/mol. The first kappa shape index (κ1) is 12.3. The van der Waals surface area contributed by atoms with Gasteiger partial charge in [0.05, 0.1) is 18.6 Å². The molecule has 16 heavy (non-hydrogen) atoms. The summed E-state index contributed by atoms with van der Waals surface area (Å²) in [6, 6.07) is 3.04. The minimum absolute atomic E-state index is 0.129. The molecule has 88 valence electrons. The molecule has 0 radical (unpaired) electrons. The number of methoxy groups -OCH3 is 1. The van der Waals surface area contributed by atoms with Gasteiger partial charge in [-0.3, -0.25) is 10.1 Å². The van der Waals surface area contributed by atoms with E-state index in [1.807, 2.05) is 0 Å². The Labute approximate surface area is 93.1 Å². The second-order valence-electron chi connectivity index (χ2n) is 3.04. The van der Waals surface area contributed by atoms with Gasteiger partial charge in [-0.2, -0.15) is 0 Å². The standard InChI is InChI=1S/C10H14N2O4/c1-3-16-9-5-7(6-11)4-8(12(13)14)10(9)15-2/h4-5H,3,6,11H2,1-2H3. The molecule has 0 atom stereocenters. The molecule has 0 bridgehead atoms. The van der Waals surface area contributed by atoms with Crippen molar-refractivity contribution in [3.63, 3.8) is 0 Å². The van der Waals surface area contributed by atoms with Crippen molar-refractivity contribution < 1.29 is 14.4 Å². The van der Waals surface area contributed by atoms with Crippen LogP contribution in [0, 0.1) is 10.1 Å². The van der Waals surface area contributed by atoms with Gasteiger partial charge in [0.2, 0.25) is 5.75 Å². The van der Waals surface area contributed by atoms with E-state index in [4.69, 9.17) is 15.2 Å². The summed E-state index contributed by atoms with van der Waals surface area (Å²) in [5.41, 5.74) is 5.96. The fraction of sp³-hybridized carbons (Fsp3) is 0.400. The molecule has 0 heterocycles. The molecule has 1 aromatic carbocycles.